The van der Waals surface area contributed by atoms with Gasteiger partial charge in [0.15, 0.2) is 0 Å². The van der Waals surface area contributed by atoms with Crippen LogP contribution in [0.5, 0.6) is 0 Å². The molecular weight excluding hydrogens is 484 g/mol. The largest absolute Gasteiger partial charge is 0.459 e. The minimum absolute atomic E-state index is 0.0480. The molecule has 3 rings (SSSR count). The molecule has 0 aliphatic carbocycles. The molecule has 0 saturated carbocycles. The Hall–Kier alpha value is -1.97. The van der Waals surface area contributed by atoms with Gasteiger partial charge in [-0.25, -0.2) is 9.59 Å². The fourth-order valence-corrected chi connectivity index (χ4v) is 3.61. The Kier molecular flexibility index (Phi) is 6.46. The van der Waals surface area contributed by atoms with E-state index in [-0.39, 0.29) is 11.4 Å². The van der Waals surface area contributed by atoms with E-state index in [9.17, 15) is 14.4 Å². The number of aromatic amines is 1. The lowest BCUT2D eigenvalue weighted by atomic mass is 10.2. The van der Waals surface area contributed by atoms with Crippen molar-refractivity contribution in [1.82, 2.24) is 9.55 Å². The second-order valence-electron chi connectivity index (χ2n) is 5.89. The Morgan fingerprint density at radius 3 is 2.78 bits per heavy atom. The predicted octanol–water partition coefficient (Wildman–Crippen LogP) is 2.81. The number of aromatic nitrogens is 2. The van der Waals surface area contributed by atoms with Gasteiger partial charge in [0, 0.05) is 17.4 Å². The smallest absolute Gasteiger partial charge is 0.338 e. The van der Waals surface area contributed by atoms with Gasteiger partial charge >= 0.3 is 11.7 Å². The summed E-state index contributed by atoms with van der Waals surface area (Å²) in [6.45, 7) is 0.0480. The quantitative estimate of drug-likeness (QED) is 0.504. The van der Waals surface area contributed by atoms with Crippen molar-refractivity contribution in [2.24, 2.45) is 0 Å². The molecule has 9 heteroatoms. The Morgan fingerprint density at radius 1 is 1.33 bits per heavy atom. The first kappa shape index (κ1) is 19.8. The van der Waals surface area contributed by atoms with E-state index >= 15 is 0 Å². The molecule has 0 radical (unpaired) electrons. The molecule has 0 unspecified atom stereocenters. The van der Waals surface area contributed by atoms with E-state index in [2.05, 4.69) is 36.8 Å². The summed E-state index contributed by atoms with van der Waals surface area (Å²) in [6.07, 6.45) is 2.46. The maximum atomic E-state index is 12.1. The van der Waals surface area contributed by atoms with Crippen molar-refractivity contribution in [2.45, 2.75) is 23.6 Å². The molecule has 1 aromatic carbocycles. The van der Waals surface area contributed by atoms with E-state index < -0.39 is 29.6 Å². The van der Waals surface area contributed by atoms with Crippen LogP contribution < -0.4 is 11.2 Å². The van der Waals surface area contributed by atoms with Crippen LogP contribution in [0.15, 0.2) is 51.1 Å². The number of esters is 1. The number of carbonyl (C=O) groups is 1. The van der Waals surface area contributed by atoms with Crippen molar-refractivity contribution in [1.29, 1.82) is 0 Å². The van der Waals surface area contributed by atoms with E-state index in [1.54, 1.807) is 24.3 Å². The third-order valence-electron chi connectivity index (χ3n) is 4.10. The van der Waals surface area contributed by atoms with Crippen LogP contribution >= 0.6 is 31.9 Å². The van der Waals surface area contributed by atoms with E-state index in [0.717, 1.165) is 0 Å². The zero-order valence-corrected chi connectivity index (χ0v) is 17.2. The summed E-state index contributed by atoms with van der Waals surface area (Å²) >= 11 is 6.62. The molecule has 1 aliphatic heterocycles. The molecule has 0 amide bonds. The maximum absolute atomic E-state index is 12.1. The second kappa shape index (κ2) is 8.81. The molecule has 27 heavy (non-hydrogen) atoms. The standard InChI is InChI=1S/C18H16Br2N2O5/c19-7-6-12-9-22(18(25)21-16(12)23)15-8-13(20)14(27-15)10-26-17(24)11-4-2-1-3-5-11/h1-7,9,13-15H,8,10H2,(H,21,23,25)/b7-6+/t13-,14+,15+/m0/s1. The van der Waals surface area contributed by atoms with Crippen molar-refractivity contribution in [3.8, 4) is 0 Å². The molecule has 1 N–H and O–H groups in total. The number of nitrogens with one attached hydrogen (secondary N) is 1. The third-order valence-corrected chi connectivity index (χ3v) is 5.33. The van der Waals surface area contributed by atoms with Crippen molar-refractivity contribution in [3.63, 3.8) is 0 Å². The van der Waals surface area contributed by atoms with Crippen molar-refractivity contribution in [2.75, 3.05) is 6.61 Å². The van der Waals surface area contributed by atoms with Crippen molar-refractivity contribution < 1.29 is 14.3 Å². The van der Waals surface area contributed by atoms with Gasteiger partial charge in [0.25, 0.3) is 5.56 Å². The summed E-state index contributed by atoms with van der Waals surface area (Å²) in [6, 6.07) is 8.67. The monoisotopic (exact) mass is 498 g/mol. The molecule has 142 valence electrons. The Bertz CT molecular complexity index is 954. The predicted molar refractivity (Wildman–Crippen MR) is 107 cm³/mol. The van der Waals surface area contributed by atoms with Gasteiger partial charge in [-0.1, -0.05) is 50.1 Å². The molecule has 1 aliphatic rings. The molecule has 1 aromatic heterocycles. The number of benzene rings is 1. The van der Waals surface area contributed by atoms with Gasteiger partial charge in [0.1, 0.15) is 18.9 Å². The maximum Gasteiger partial charge on any atom is 0.338 e. The fraction of sp³-hybridized carbons (Fsp3) is 0.278. The minimum atomic E-state index is -0.582. The molecule has 7 nitrogen and oxygen atoms in total. The van der Waals surface area contributed by atoms with E-state index in [0.29, 0.717) is 17.5 Å². The van der Waals surface area contributed by atoms with Gasteiger partial charge in [-0.2, -0.15) is 0 Å². The highest BCUT2D eigenvalue weighted by Gasteiger charge is 2.36. The van der Waals surface area contributed by atoms with Crippen LogP contribution in [0.2, 0.25) is 0 Å². The van der Waals surface area contributed by atoms with Crippen LogP contribution in [0, 0.1) is 0 Å². The van der Waals surface area contributed by atoms with Crippen LogP contribution in [0.4, 0.5) is 0 Å². The summed E-state index contributed by atoms with van der Waals surface area (Å²) < 4.78 is 12.5. The first-order chi connectivity index (χ1) is 13.0. The van der Waals surface area contributed by atoms with Gasteiger partial charge in [-0.3, -0.25) is 14.3 Å². The summed E-state index contributed by atoms with van der Waals surface area (Å²) in [7, 11) is 0. The summed E-state index contributed by atoms with van der Waals surface area (Å²) in [5.41, 5.74) is -0.256. The molecule has 1 saturated heterocycles. The Morgan fingerprint density at radius 2 is 2.07 bits per heavy atom. The molecule has 2 heterocycles. The molecule has 2 aromatic rings. The van der Waals surface area contributed by atoms with Crippen LogP contribution in [-0.2, 0) is 9.47 Å². The van der Waals surface area contributed by atoms with Crippen molar-refractivity contribution >= 4 is 43.9 Å². The summed E-state index contributed by atoms with van der Waals surface area (Å²) in [5, 5.41) is 0. The van der Waals surface area contributed by atoms with Crippen LogP contribution in [0.25, 0.3) is 6.08 Å². The number of halogens is 2. The van der Waals surface area contributed by atoms with Crippen molar-refractivity contribution in [3.05, 3.63) is 73.5 Å². The van der Waals surface area contributed by atoms with Crippen LogP contribution in [0.3, 0.4) is 0 Å². The lowest BCUT2D eigenvalue weighted by Crippen LogP contribution is -2.33. The SMILES string of the molecule is O=C(OC[C@H]1O[C@@H](n2cc(/C=C/Br)c(=O)[nH]c2=O)C[C@@H]1Br)c1ccccc1. The fourth-order valence-electron chi connectivity index (χ4n) is 2.73. The third kappa shape index (κ3) is 4.66. The number of alkyl halides is 1. The summed E-state index contributed by atoms with van der Waals surface area (Å²) in [5.74, 6) is -0.437. The van der Waals surface area contributed by atoms with Crippen LogP contribution in [-0.4, -0.2) is 33.1 Å². The average molecular weight is 500 g/mol. The molecule has 1 fully saturated rings. The highest BCUT2D eigenvalue weighted by atomic mass is 79.9. The Labute approximate surface area is 171 Å². The highest BCUT2D eigenvalue weighted by molar-refractivity contribution is 9.11. The zero-order valence-electron chi connectivity index (χ0n) is 14.0. The molecular formula is C18H16Br2N2O5. The highest BCUT2D eigenvalue weighted by Crippen LogP contribution is 2.32. The zero-order chi connectivity index (χ0) is 19.4. The first-order valence-corrected chi connectivity index (χ1v) is 9.96. The van der Waals surface area contributed by atoms with Gasteiger partial charge in [-0.05, 0) is 23.2 Å². The van der Waals surface area contributed by atoms with Gasteiger partial charge < -0.3 is 9.47 Å². The summed E-state index contributed by atoms with van der Waals surface area (Å²) in [4.78, 5) is 39.7. The normalized spacial score (nSPS) is 22.2. The average Bonchev–Trinajstić information content (AvgIpc) is 3.03. The number of hydrogen-bond acceptors (Lipinski definition) is 5. The second-order valence-corrected chi connectivity index (χ2v) is 7.59. The van der Waals surface area contributed by atoms with Crippen LogP contribution in [0.1, 0.15) is 28.6 Å². The van der Waals surface area contributed by atoms with Gasteiger partial charge in [0.2, 0.25) is 0 Å². The van der Waals surface area contributed by atoms with Gasteiger partial charge in [-0.15, -0.1) is 0 Å². The van der Waals surface area contributed by atoms with E-state index in [4.69, 9.17) is 9.47 Å². The lowest BCUT2D eigenvalue weighted by molar-refractivity contribution is -0.0329. The Balaban J connectivity index is 1.70. The number of H-pyrrole nitrogens is 1. The molecule has 0 spiro atoms. The van der Waals surface area contributed by atoms with E-state index in [1.807, 2.05) is 6.07 Å². The first-order valence-electron chi connectivity index (χ1n) is 8.13. The number of rotatable bonds is 5. The topological polar surface area (TPSA) is 90.4 Å². The number of nitrogens with zero attached hydrogens (tertiary/aromatic N) is 1. The number of hydrogen-bond donors (Lipinski definition) is 1. The minimum Gasteiger partial charge on any atom is -0.459 e. The number of carbonyl (C=O) groups excluding carboxylic acids is 1. The number of ether oxygens (including phenoxy) is 2. The molecule has 0 bridgehead atoms. The molecule has 3 atom stereocenters. The van der Waals surface area contributed by atoms with E-state index in [1.165, 1.54) is 21.8 Å². The lowest BCUT2D eigenvalue weighted by Gasteiger charge is -2.16. The van der Waals surface area contributed by atoms with Gasteiger partial charge in [0.05, 0.1) is 11.1 Å².